The number of nitrogens with one attached hydrogen (secondary N) is 3. The zero-order valence-electron chi connectivity index (χ0n) is 14.4. The molecule has 0 aliphatic carbocycles. The van der Waals surface area contributed by atoms with E-state index in [2.05, 4.69) is 32.1 Å². The number of imidazole rings is 1. The summed E-state index contributed by atoms with van der Waals surface area (Å²) in [5.41, 5.74) is 1.98. The van der Waals surface area contributed by atoms with Crippen molar-refractivity contribution in [3.8, 4) is 0 Å². The summed E-state index contributed by atoms with van der Waals surface area (Å²) in [6, 6.07) is 2.25. The Morgan fingerprint density at radius 3 is 3.00 bits per heavy atom. The van der Waals surface area contributed by atoms with E-state index in [1.807, 2.05) is 13.0 Å². The highest BCUT2D eigenvalue weighted by Crippen LogP contribution is 2.17. The number of aromatic nitrogens is 3. The van der Waals surface area contributed by atoms with Gasteiger partial charge in [-0.1, -0.05) is 0 Å². The maximum absolute atomic E-state index is 12.2. The topological polar surface area (TPSA) is 97.8 Å². The summed E-state index contributed by atoms with van der Waals surface area (Å²) in [7, 11) is 0. The molecule has 3 N–H and O–H groups in total. The van der Waals surface area contributed by atoms with Crippen molar-refractivity contribution in [1.82, 2.24) is 19.9 Å². The molecule has 3 heterocycles. The molecule has 7 nitrogen and oxygen atoms in total. The van der Waals surface area contributed by atoms with Gasteiger partial charge in [0.2, 0.25) is 0 Å². The molecule has 1 amide bonds. The lowest BCUT2D eigenvalue weighted by molar-refractivity contribution is 0.102. The highest BCUT2D eigenvalue weighted by Gasteiger charge is 2.21. The molecule has 2 aromatic heterocycles. The van der Waals surface area contributed by atoms with Crippen molar-refractivity contribution in [2.45, 2.75) is 32.7 Å². The normalized spacial score (nSPS) is 17.2. The largest absolute Gasteiger partial charge is 0.354 e. The van der Waals surface area contributed by atoms with Crippen LogP contribution in [0.3, 0.4) is 0 Å². The van der Waals surface area contributed by atoms with Gasteiger partial charge in [0, 0.05) is 18.8 Å². The van der Waals surface area contributed by atoms with Gasteiger partial charge in [-0.05, 0) is 50.5 Å². The first-order valence-electron chi connectivity index (χ1n) is 8.34. The van der Waals surface area contributed by atoms with Crippen molar-refractivity contribution in [3.63, 3.8) is 0 Å². The van der Waals surface area contributed by atoms with Gasteiger partial charge < -0.3 is 15.2 Å². The fourth-order valence-electron chi connectivity index (χ4n) is 2.90. The minimum atomic E-state index is -0.275. The zero-order valence-corrected chi connectivity index (χ0v) is 14.4. The minimum Gasteiger partial charge on any atom is -0.354 e. The molecule has 130 valence electrons. The van der Waals surface area contributed by atoms with Crippen LogP contribution in [-0.4, -0.2) is 44.2 Å². The highest BCUT2D eigenvalue weighted by atomic mass is 16.1. The Balaban J connectivity index is 1.62. The minimum absolute atomic E-state index is 0.275. The summed E-state index contributed by atoms with van der Waals surface area (Å²) < 4.78 is 0. The van der Waals surface area contributed by atoms with E-state index in [0.29, 0.717) is 29.1 Å². The second kappa shape index (κ2) is 7.29. The Morgan fingerprint density at radius 2 is 2.28 bits per heavy atom. The summed E-state index contributed by atoms with van der Waals surface area (Å²) in [5.74, 6) is 0.741. The highest BCUT2D eigenvalue weighted by molar-refractivity contribution is 6.03. The van der Waals surface area contributed by atoms with Crippen LogP contribution in [0.25, 0.3) is 6.08 Å². The van der Waals surface area contributed by atoms with Crippen LogP contribution in [0.1, 0.15) is 41.6 Å². The first-order chi connectivity index (χ1) is 12.0. The molecule has 1 unspecified atom stereocenters. The van der Waals surface area contributed by atoms with E-state index < -0.39 is 0 Å². The average Bonchev–Trinajstić information content (AvgIpc) is 3.21. The summed E-state index contributed by atoms with van der Waals surface area (Å²) in [5, 5.41) is 10.9. The Bertz CT molecular complexity index is 809. The predicted molar refractivity (Wildman–Crippen MR) is 97.7 cm³/mol. The Labute approximate surface area is 146 Å². The van der Waals surface area contributed by atoms with E-state index in [0.717, 1.165) is 24.9 Å². The van der Waals surface area contributed by atoms with Gasteiger partial charge in [0.05, 0.1) is 18.1 Å². The molecular formula is C18H22N6O. The number of aromatic amines is 1. The van der Waals surface area contributed by atoms with Crippen LogP contribution in [0.4, 0.5) is 5.69 Å². The quantitative estimate of drug-likeness (QED) is 0.590. The van der Waals surface area contributed by atoms with Crippen molar-refractivity contribution < 1.29 is 4.79 Å². The molecule has 2 aromatic rings. The molecule has 1 saturated heterocycles. The van der Waals surface area contributed by atoms with E-state index in [1.165, 1.54) is 6.20 Å². The summed E-state index contributed by atoms with van der Waals surface area (Å²) in [6.45, 7) is 4.96. The third kappa shape index (κ3) is 4.12. The number of pyridine rings is 1. The number of aryl methyl sites for hydroxylation is 1. The number of rotatable bonds is 4. The lowest BCUT2D eigenvalue weighted by atomic mass is 10.2. The van der Waals surface area contributed by atoms with E-state index in [4.69, 9.17) is 5.41 Å². The van der Waals surface area contributed by atoms with Crippen molar-refractivity contribution in [2.75, 3.05) is 11.9 Å². The smallest absolute Gasteiger partial charge is 0.273 e. The number of carbonyl (C=O) groups is 1. The Hall–Kier alpha value is -2.96. The fourth-order valence-corrected chi connectivity index (χ4v) is 2.90. The number of likely N-dealkylation sites (tertiary alicyclic amines) is 1. The first kappa shape index (κ1) is 16.9. The van der Waals surface area contributed by atoms with Crippen LogP contribution >= 0.6 is 0 Å². The number of H-pyrrole nitrogens is 1. The van der Waals surface area contributed by atoms with Crippen LogP contribution in [0.5, 0.6) is 0 Å². The third-order valence-electron chi connectivity index (χ3n) is 4.23. The van der Waals surface area contributed by atoms with E-state index in [-0.39, 0.29) is 5.91 Å². The van der Waals surface area contributed by atoms with E-state index in [9.17, 15) is 4.79 Å². The second-order valence-corrected chi connectivity index (χ2v) is 6.29. The Morgan fingerprint density at radius 1 is 1.44 bits per heavy atom. The molecule has 1 atom stereocenters. The molecule has 25 heavy (non-hydrogen) atoms. The van der Waals surface area contributed by atoms with Crippen LogP contribution in [-0.2, 0) is 0 Å². The van der Waals surface area contributed by atoms with Gasteiger partial charge in [0.15, 0.2) is 0 Å². The van der Waals surface area contributed by atoms with E-state index in [1.54, 1.807) is 24.5 Å². The molecule has 3 rings (SSSR count). The maximum Gasteiger partial charge on any atom is 0.273 e. The number of hydrogen-bond donors (Lipinski definition) is 3. The molecule has 0 radical (unpaired) electrons. The SMILES string of the molecule is Cc1cncc(NC(=O)c2cnc(/C=C\C(=N)N3CCCC3C)[nH]2)c1. The van der Waals surface area contributed by atoms with Gasteiger partial charge in [-0.2, -0.15) is 0 Å². The Kier molecular flexibility index (Phi) is 4.92. The number of amides is 1. The third-order valence-corrected chi connectivity index (χ3v) is 4.23. The molecule has 0 aromatic carbocycles. The maximum atomic E-state index is 12.2. The van der Waals surface area contributed by atoms with Crippen molar-refractivity contribution >= 4 is 23.5 Å². The average molecular weight is 338 g/mol. The van der Waals surface area contributed by atoms with Crippen LogP contribution in [0, 0.1) is 12.3 Å². The fraction of sp³-hybridized carbons (Fsp3) is 0.333. The molecule has 7 heteroatoms. The number of hydrogen-bond acceptors (Lipinski definition) is 4. The molecule has 0 bridgehead atoms. The van der Waals surface area contributed by atoms with Gasteiger partial charge in [0.25, 0.3) is 5.91 Å². The number of anilines is 1. The molecule has 1 aliphatic rings. The lowest BCUT2D eigenvalue weighted by Crippen LogP contribution is -2.31. The van der Waals surface area contributed by atoms with Crippen molar-refractivity contribution in [2.24, 2.45) is 0 Å². The lowest BCUT2D eigenvalue weighted by Gasteiger charge is -2.21. The molecular weight excluding hydrogens is 316 g/mol. The summed E-state index contributed by atoms with van der Waals surface area (Å²) >= 11 is 0. The summed E-state index contributed by atoms with van der Waals surface area (Å²) in [4.78, 5) is 25.5. The molecule has 0 spiro atoms. The van der Waals surface area contributed by atoms with Gasteiger partial charge in [0.1, 0.15) is 17.4 Å². The first-order valence-corrected chi connectivity index (χ1v) is 8.34. The number of nitrogens with zero attached hydrogens (tertiary/aromatic N) is 3. The number of carbonyl (C=O) groups excluding carboxylic acids is 1. The molecule has 1 fully saturated rings. The van der Waals surface area contributed by atoms with Crippen LogP contribution in [0.15, 0.2) is 30.7 Å². The molecule has 1 aliphatic heterocycles. The predicted octanol–water partition coefficient (Wildman–Crippen LogP) is 2.84. The zero-order chi connectivity index (χ0) is 17.8. The van der Waals surface area contributed by atoms with Gasteiger partial charge >= 0.3 is 0 Å². The monoisotopic (exact) mass is 338 g/mol. The standard InChI is InChI=1S/C18H22N6O/c1-12-8-14(10-20-9-12)22-18(25)15-11-21-17(23-15)6-5-16(19)24-7-3-4-13(24)2/h5-6,8-11,13,19H,3-4,7H2,1-2H3,(H,21,23)(H,22,25)/b6-5-,19-16?. The van der Waals surface area contributed by atoms with E-state index >= 15 is 0 Å². The molecule has 0 saturated carbocycles. The summed E-state index contributed by atoms with van der Waals surface area (Å²) in [6.07, 6.45) is 10.5. The van der Waals surface area contributed by atoms with Crippen molar-refractivity contribution in [1.29, 1.82) is 5.41 Å². The van der Waals surface area contributed by atoms with Gasteiger partial charge in [-0.25, -0.2) is 4.98 Å². The van der Waals surface area contributed by atoms with Crippen LogP contribution in [0.2, 0.25) is 0 Å². The van der Waals surface area contributed by atoms with Gasteiger partial charge in [-0.3, -0.25) is 15.2 Å². The number of amidine groups is 1. The van der Waals surface area contributed by atoms with Gasteiger partial charge in [-0.15, -0.1) is 0 Å². The van der Waals surface area contributed by atoms with Crippen molar-refractivity contribution in [3.05, 3.63) is 47.8 Å². The van der Waals surface area contributed by atoms with Crippen LogP contribution < -0.4 is 5.32 Å². The second-order valence-electron chi connectivity index (χ2n) is 6.29.